The number of ether oxygens (including phenoxy) is 2. The van der Waals surface area contributed by atoms with E-state index in [1.54, 1.807) is 19.2 Å². The number of nitrogens with zero attached hydrogens (tertiary/aromatic N) is 2. The molecule has 0 fully saturated rings. The molecule has 1 N–H and O–H groups in total. The molecule has 3 rings (SSSR count). The van der Waals surface area contributed by atoms with Crippen LogP contribution in [0.1, 0.15) is 6.42 Å². The Bertz CT molecular complexity index is 956. The number of hydrogen-bond acceptors (Lipinski definition) is 5. The first kappa shape index (κ1) is 18.4. The molecule has 8 heteroatoms. The molecule has 0 saturated heterocycles. The predicted molar refractivity (Wildman–Crippen MR) is 102 cm³/mol. The molecule has 0 unspecified atom stereocenters. The zero-order valence-electron chi connectivity index (χ0n) is 13.9. The van der Waals surface area contributed by atoms with Crippen LogP contribution in [0.5, 0.6) is 17.4 Å². The van der Waals surface area contributed by atoms with Gasteiger partial charge < -0.3 is 19.1 Å². The first-order valence-corrected chi connectivity index (χ1v) is 8.61. The average Bonchev–Trinajstić information content (AvgIpc) is 2.90. The molecule has 0 aliphatic carbocycles. The fourth-order valence-electron chi connectivity index (χ4n) is 2.83. The van der Waals surface area contributed by atoms with Crippen molar-refractivity contribution in [1.82, 2.24) is 4.57 Å². The summed E-state index contributed by atoms with van der Waals surface area (Å²) in [6, 6.07) is 10.5. The minimum atomic E-state index is -0.239. The molecule has 0 saturated carbocycles. The Morgan fingerprint density at radius 2 is 1.92 bits per heavy atom. The lowest BCUT2D eigenvalue weighted by molar-refractivity contribution is 0.280. The number of aryl methyl sites for hydroxylation is 1. The van der Waals surface area contributed by atoms with Gasteiger partial charge in [0.15, 0.2) is 17.2 Å². The first-order valence-electron chi connectivity index (χ1n) is 7.86. The third-order valence-corrected chi connectivity index (χ3v) is 4.47. The average molecular weight is 395 g/mol. The summed E-state index contributed by atoms with van der Waals surface area (Å²) in [6.07, 6.45) is 0.562. The maximum absolute atomic E-state index is 11.1. The number of nitroso groups, excluding NO2 is 1. The van der Waals surface area contributed by atoms with Crippen LogP contribution in [0.4, 0.5) is 5.69 Å². The molecule has 0 atom stereocenters. The monoisotopic (exact) mass is 394 g/mol. The lowest BCUT2D eigenvalue weighted by atomic mass is 10.2. The summed E-state index contributed by atoms with van der Waals surface area (Å²) in [5, 5.41) is 14.4. The smallest absolute Gasteiger partial charge is 0.222 e. The van der Waals surface area contributed by atoms with Crippen molar-refractivity contribution in [2.24, 2.45) is 5.18 Å². The molecule has 0 radical (unpaired) electrons. The molecule has 136 valence electrons. The Labute approximate surface area is 159 Å². The number of aromatic nitrogens is 1. The van der Waals surface area contributed by atoms with Crippen molar-refractivity contribution in [1.29, 1.82) is 0 Å². The number of rotatable bonds is 7. The number of methoxy groups -OCH3 is 1. The van der Waals surface area contributed by atoms with Crippen LogP contribution in [-0.2, 0) is 6.54 Å². The number of fused-ring (bicyclic) bond motifs is 1. The number of hydrogen-bond donors (Lipinski definition) is 1. The minimum absolute atomic E-state index is 0.0740. The van der Waals surface area contributed by atoms with E-state index in [-0.39, 0.29) is 11.6 Å². The van der Waals surface area contributed by atoms with E-state index in [0.29, 0.717) is 52.0 Å². The number of para-hydroxylation sites is 2. The van der Waals surface area contributed by atoms with Gasteiger partial charge in [-0.25, -0.2) is 0 Å². The van der Waals surface area contributed by atoms with Crippen molar-refractivity contribution < 1.29 is 14.6 Å². The quantitative estimate of drug-likeness (QED) is 0.422. The summed E-state index contributed by atoms with van der Waals surface area (Å²) in [4.78, 5) is 11.1. The Balaban J connectivity index is 1.79. The van der Waals surface area contributed by atoms with Crippen LogP contribution in [0, 0.1) is 4.91 Å². The Kier molecular flexibility index (Phi) is 5.54. The summed E-state index contributed by atoms with van der Waals surface area (Å²) in [6.45, 7) is 0.767. The van der Waals surface area contributed by atoms with Crippen LogP contribution >= 0.6 is 23.2 Å². The van der Waals surface area contributed by atoms with Gasteiger partial charge in [-0.1, -0.05) is 35.3 Å². The summed E-state index contributed by atoms with van der Waals surface area (Å²) in [5.74, 6) is 1.04. The van der Waals surface area contributed by atoms with Crippen molar-refractivity contribution in [3.63, 3.8) is 0 Å². The molecule has 3 aromatic rings. The molecular weight excluding hydrogens is 379 g/mol. The maximum atomic E-state index is 11.1. The van der Waals surface area contributed by atoms with Gasteiger partial charge in [0, 0.05) is 17.0 Å². The van der Waals surface area contributed by atoms with Crippen molar-refractivity contribution >= 4 is 39.8 Å². The molecular formula is C18H16Cl2N2O4. The topological polar surface area (TPSA) is 73.1 Å². The van der Waals surface area contributed by atoms with E-state index in [2.05, 4.69) is 5.18 Å². The van der Waals surface area contributed by atoms with Crippen LogP contribution in [0.2, 0.25) is 10.0 Å². The number of aromatic hydroxyl groups is 1. The second-order valence-corrected chi connectivity index (χ2v) is 6.40. The van der Waals surface area contributed by atoms with Gasteiger partial charge in [0.05, 0.1) is 24.3 Å². The molecule has 1 aromatic heterocycles. The molecule has 0 bridgehead atoms. The lowest BCUT2D eigenvalue weighted by Crippen LogP contribution is -2.05. The molecule has 1 heterocycles. The van der Waals surface area contributed by atoms with Gasteiger partial charge in [0.1, 0.15) is 0 Å². The van der Waals surface area contributed by atoms with E-state index in [9.17, 15) is 10.0 Å². The van der Waals surface area contributed by atoms with E-state index in [1.807, 2.05) is 24.3 Å². The van der Waals surface area contributed by atoms with Gasteiger partial charge in [0.25, 0.3) is 0 Å². The Hall–Kier alpha value is -2.44. The third-order valence-electron chi connectivity index (χ3n) is 3.96. The lowest BCUT2D eigenvalue weighted by Gasteiger charge is -2.11. The zero-order valence-corrected chi connectivity index (χ0v) is 15.4. The summed E-state index contributed by atoms with van der Waals surface area (Å²) in [5.41, 5.74) is 0.440. The van der Waals surface area contributed by atoms with E-state index < -0.39 is 0 Å². The van der Waals surface area contributed by atoms with Gasteiger partial charge in [-0.15, -0.1) is 4.91 Å². The van der Waals surface area contributed by atoms with Gasteiger partial charge in [-0.05, 0) is 35.9 Å². The van der Waals surface area contributed by atoms with Gasteiger partial charge in [-0.3, -0.25) is 0 Å². The van der Waals surface area contributed by atoms with Crippen LogP contribution < -0.4 is 9.47 Å². The normalized spacial score (nSPS) is 10.9. The standard InChI is InChI=1S/C18H16Cl2N2O4/c1-25-14-5-2-3-6-15(14)26-8-4-7-22-17-12(16(21-24)18(22)23)9-11(19)10-13(17)20/h2-3,5-6,9-10,23H,4,7-8H2,1H3. The highest BCUT2D eigenvalue weighted by molar-refractivity contribution is 6.39. The van der Waals surface area contributed by atoms with Gasteiger partial charge in [0.2, 0.25) is 5.88 Å². The number of halogens is 2. The second-order valence-electron chi connectivity index (χ2n) is 5.55. The van der Waals surface area contributed by atoms with E-state index in [1.165, 1.54) is 4.57 Å². The zero-order chi connectivity index (χ0) is 18.7. The molecule has 0 aliphatic rings. The van der Waals surface area contributed by atoms with Crippen molar-refractivity contribution in [2.45, 2.75) is 13.0 Å². The highest BCUT2D eigenvalue weighted by Crippen LogP contribution is 2.42. The van der Waals surface area contributed by atoms with Gasteiger partial charge in [-0.2, -0.15) is 0 Å². The Morgan fingerprint density at radius 1 is 1.19 bits per heavy atom. The maximum Gasteiger partial charge on any atom is 0.222 e. The van der Waals surface area contributed by atoms with Gasteiger partial charge >= 0.3 is 0 Å². The first-order chi connectivity index (χ1) is 12.6. The van der Waals surface area contributed by atoms with Crippen LogP contribution in [0.3, 0.4) is 0 Å². The minimum Gasteiger partial charge on any atom is -0.493 e. The molecule has 0 amide bonds. The highest BCUT2D eigenvalue weighted by Gasteiger charge is 2.20. The summed E-state index contributed by atoms with van der Waals surface area (Å²) >= 11 is 12.2. The molecule has 2 aromatic carbocycles. The van der Waals surface area contributed by atoms with Crippen molar-refractivity contribution in [3.05, 3.63) is 51.4 Å². The van der Waals surface area contributed by atoms with Crippen LogP contribution in [-0.4, -0.2) is 23.4 Å². The fraction of sp³-hybridized carbons (Fsp3) is 0.222. The molecule has 0 aliphatic heterocycles. The largest absolute Gasteiger partial charge is 0.493 e. The number of benzene rings is 2. The van der Waals surface area contributed by atoms with E-state index in [0.717, 1.165) is 0 Å². The van der Waals surface area contributed by atoms with Crippen LogP contribution in [0.15, 0.2) is 41.6 Å². The highest BCUT2D eigenvalue weighted by atomic mass is 35.5. The predicted octanol–water partition coefficient (Wildman–Crippen LogP) is 5.53. The fourth-order valence-corrected chi connectivity index (χ4v) is 3.42. The molecule has 6 nitrogen and oxygen atoms in total. The summed E-state index contributed by atoms with van der Waals surface area (Å²) < 4.78 is 12.5. The van der Waals surface area contributed by atoms with E-state index in [4.69, 9.17) is 32.7 Å². The second kappa shape index (κ2) is 7.85. The molecule has 0 spiro atoms. The van der Waals surface area contributed by atoms with E-state index >= 15 is 0 Å². The molecule has 26 heavy (non-hydrogen) atoms. The van der Waals surface area contributed by atoms with Crippen molar-refractivity contribution in [3.8, 4) is 17.4 Å². The summed E-state index contributed by atoms with van der Waals surface area (Å²) in [7, 11) is 1.58. The third kappa shape index (κ3) is 3.43. The van der Waals surface area contributed by atoms with Crippen molar-refractivity contribution in [2.75, 3.05) is 13.7 Å². The van der Waals surface area contributed by atoms with Crippen LogP contribution in [0.25, 0.3) is 10.9 Å². The Morgan fingerprint density at radius 3 is 2.62 bits per heavy atom. The SMILES string of the molecule is COc1ccccc1OCCCn1c(O)c(N=O)c2cc(Cl)cc(Cl)c21.